The normalized spacial score (nSPS) is 36.4. The molecule has 39 heavy (non-hydrogen) atoms. The van der Waals surface area contributed by atoms with E-state index in [1.807, 2.05) is 36.4 Å². The van der Waals surface area contributed by atoms with Gasteiger partial charge in [-0.05, 0) is 60.8 Å². The number of hydrogen-bond donors (Lipinski definition) is 0. The van der Waals surface area contributed by atoms with Crippen molar-refractivity contribution in [3.05, 3.63) is 80.6 Å². The number of thioether (sulfide) groups is 2. The van der Waals surface area contributed by atoms with Crippen LogP contribution in [0.15, 0.2) is 58.3 Å². The van der Waals surface area contributed by atoms with Crippen molar-refractivity contribution < 1.29 is 19.2 Å². The number of halogens is 1. The van der Waals surface area contributed by atoms with E-state index in [2.05, 4.69) is 28.1 Å². The Balaban J connectivity index is 1.37. The van der Waals surface area contributed by atoms with Crippen molar-refractivity contribution in [3.63, 3.8) is 0 Å². The second kappa shape index (κ2) is 7.28. The van der Waals surface area contributed by atoms with Gasteiger partial charge in [-0.3, -0.25) is 29.0 Å². The molecule has 8 aliphatic rings. The van der Waals surface area contributed by atoms with Crippen LogP contribution in [0.25, 0.3) is 0 Å². The molecule has 2 aromatic carbocycles. The van der Waals surface area contributed by atoms with Crippen LogP contribution in [0.5, 0.6) is 0 Å². The smallest absolute Gasteiger partial charge is 0.268 e. The summed E-state index contributed by atoms with van der Waals surface area (Å²) >= 11 is 6.61. The molecule has 3 aliphatic heterocycles. The first-order valence-electron chi connectivity index (χ1n) is 13.6. The first-order chi connectivity index (χ1) is 18.9. The fourth-order valence-electron chi connectivity index (χ4n) is 8.05. The lowest BCUT2D eigenvalue weighted by atomic mass is 9.53. The van der Waals surface area contributed by atoms with Crippen LogP contribution < -0.4 is 0 Å². The summed E-state index contributed by atoms with van der Waals surface area (Å²) in [4.78, 5) is 61.4. The first-order valence-corrected chi connectivity index (χ1v) is 16.1. The Hall–Kier alpha value is -2.36. The Bertz CT molecular complexity index is 1580. The molecule has 5 aliphatic carbocycles. The Morgan fingerprint density at radius 1 is 0.692 bits per heavy atom. The zero-order chi connectivity index (χ0) is 26.5. The van der Waals surface area contributed by atoms with Gasteiger partial charge in [-0.15, -0.1) is 0 Å². The molecule has 0 N–H and O–H groups in total. The van der Waals surface area contributed by atoms with Gasteiger partial charge in [-0.25, -0.2) is 0 Å². The molecular weight excluding hydrogens is 596 g/mol. The molecule has 1 saturated heterocycles. The molecular formula is C30H23BrN2O4S2. The molecule has 4 amide bonds. The maximum atomic E-state index is 15.0. The SMILES string of the molecule is O=C1C2=C(S[C@]34C(=O)N(C5CCC5)C(=O)[C@@]3(S2)C2(Br)c3ccccc3C4c3ccccc32)C(=O)N1C1CCC1. The zero-order valence-electron chi connectivity index (χ0n) is 20.8. The highest BCUT2D eigenvalue weighted by atomic mass is 79.9. The minimum atomic E-state index is -1.35. The predicted molar refractivity (Wildman–Crippen MR) is 151 cm³/mol. The molecule has 196 valence electrons. The van der Waals surface area contributed by atoms with E-state index in [4.69, 9.17) is 0 Å². The van der Waals surface area contributed by atoms with E-state index < -0.39 is 19.7 Å². The van der Waals surface area contributed by atoms with Crippen molar-refractivity contribution >= 4 is 63.1 Å². The molecule has 0 aromatic heterocycles. The molecule has 2 bridgehead atoms. The highest BCUT2D eigenvalue weighted by Gasteiger charge is 2.87. The average molecular weight is 620 g/mol. The van der Waals surface area contributed by atoms with Gasteiger partial charge in [0, 0.05) is 18.0 Å². The van der Waals surface area contributed by atoms with Gasteiger partial charge in [0.1, 0.15) is 13.8 Å². The van der Waals surface area contributed by atoms with Crippen molar-refractivity contribution in [2.24, 2.45) is 0 Å². The van der Waals surface area contributed by atoms with Crippen molar-refractivity contribution in [1.82, 2.24) is 9.80 Å². The summed E-state index contributed by atoms with van der Waals surface area (Å²) in [7, 11) is 0. The lowest BCUT2D eigenvalue weighted by molar-refractivity contribution is -0.144. The second-order valence-corrected chi connectivity index (χ2v) is 15.3. The molecule has 6 nitrogen and oxygen atoms in total. The van der Waals surface area contributed by atoms with Gasteiger partial charge in [-0.2, -0.15) is 0 Å². The van der Waals surface area contributed by atoms with Crippen LogP contribution in [0, 0.1) is 0 Å². The van der Waals surface area contributed by atoms with E-state index >= 15 is 4.79 Å². The third kappa shape index (κ3) is 2.26. The number of imide groups is 2. The lowest BCUT2D eigenvalue weighted by Crippen LogP contribution is -2.71. The molecule has 3 heterocycles. The standard InChI is InChI=1S/C30H23BrN2O4S2/c31-28-19-13-3-1-11-17(19)21(18-12-2-4-14-20(18)28)29-26(36)33(16-9-6-10-16)27(37)30(28,29)39-23-22(38-29)24(34)32(25(23)35)15-7-5-8-15/h1-4,11-16,21H,5-10H2/t21?,28?,29-,30-/m1/s1. The number of likely N-dealkylation sites (tertiary alicyclic amines) is 1. The van der Waals surface area contributed by atoms with Crippen molar-refractivity contribution in [2.75, 3.05) is 0 Å². The molecule has 0 unspecified atom stereocenters. The summed E-state index contributed by atoms with van der Waals surface area (Å²) in [5.41, 5.74) is 3.94. The quantitative estimate of drug-likeness (QED) is 0.356. The third-order valence-electron chi connectivity index (χ3n) is 10.2. The molecule has 9 heteroatoms. The number of amides is 4. The van der Waals surface area contributed by atoms with Crippen molar-refractivity contribution in [2.45, 2.75) is 70.3 Å². The van der Waals surface area contributed by atoms with Gasteiger partial charge in [0.2, 0.25) is 11.8 Å². The van der Waals surface area contributed by atoms with E-state index in [0.29, 0.717) is 9.81 Å². The summed E-state index contributed by atoms with van der Waals surface area (Å²) < 4.78 is -3.70. The summed E-state index contributed by atoms with van der Waals surface area (Å²) in [5.74, 6) is -1.47. The van der Waals surface area contributed by atoms with Crippen LogP contribution >= 0.6 is 39.5 Å². The first kappa shape index (κ1) is 23.4. The van der Waals surface area contributed by atoms with Crippen LogP contribution in [0.3, 0.4) is 0 Å². The number of rotatable bonds is 2. The Kier molecular flexibility index (Phi) is 4.36. The van der Waals surface area contributed by atoms with Crippen LogP contribution in [0.1, 0.15) is 66.7 Å². The minimum Gasteiger partial charge on any atom is -0.277 e. The zero-order valence-corrected chi connectivity index (χ0v) is 24.0. The largest absolute Gasteiger partial charge is 0.277 e. The Morgan fingerprint density at radius 2 is 1.21 bits per heavy atom. The van der Waals surface area contributed by atoms with Crippen molar-refractivity contribution in [1.29, 1.82) is 0 Å². The number of alkyl halides is 1. The lowest BCUT2D eigenvalue weighted by Gasteiger charge is -2.63. The molecule has 3 fully saturated rings. The molecule has 0 spiro atoms. The summed E-state index contributed by atoms with van der Waals surface area (Å²) in [6.07, 6.45) is 5.16. The van der Waals surface area contributed by atoms with Gasteiger partial charge in [0.05, 0.1) is 9.81 Å². The maximum Gasteiger partial charge on any atom is 0.268 e. The number of carbonyl (C=O) groups is 4. The number of benzene rings is 2. The van der Waals surface area contributed by atoms with Gasteiger partial charge in [0.15, 0.2) is 0 Å². The Morgan fingerprint density at radius 3 is 1.74 bits per heavy atom. The van der Waals surface area contributed by atoms with E-state index in [0.717, 1.165) is 60.8 Å². The number of nitrogens with zero attached hydrogens (tertiary/aromatic N) is 2. The molecule has 0 radical (unpaired) electrons. The minimum absolute atomic E-state index is 0.101. The van der Waals surface area contributed by atoms with Gasteiger partial charge >= 0.3 is 0 Å². The third-order valence-corrected chi connectivity index (χ3v) is 15.5. The molecule has 10 rings (SSSR count). The van der Waals surface area contributed by atoms with Crippen LogP contribution in [0.4, 0.5) is 0 Å². The predicted octanol–water partition coefficient (Wildman–Crippen LogP) is 4.80. The van der Waals surface area contributed by atoms with Crippen LogP contribution in [-0.4, -0.2) is 55.0 Å². The summed E-state index contributed by atoms with van der Waals surface area (Å²) in [5, 5.41) is 0. The number of hydrogen-bond acceptors (Lipinski definition) is 6. The second-order valence-electron chi connectivity index (χ2n) is 11.7. The van der Waals surface area contributed by atoms with Crippen LogP contribution in [-0.2, 0) is 23.5 Å². The monoisotopic (exact) mass is 618 g/mol. The molecule has 2 saturated carbocycles. The summed E-state index contributed by atoms with van der Waals surface area (Å²) in [6, 6.07) is 15.9. The van der Waals surface area contributed by atoms with E-state index in [9.17, 15) is 14.4 Å². The van der Waals surface area contributed by atoms with Gasteiger partial charge in [0.25, 0.3) is 11.8 Å². The Labute approximate surface area is 242 Å². The fraction of sp³-hybridized carbons (Fsp3) is 0.400. The van der Waals surface area contributed by atoms with Crippen LogP contribution in [0.2, 0.25) is 0 Å². The molecule has 2 aromatic rings. The summed E-state index contributed by atoms with van der Waals surface area (Å²) in [6.45, 7) is 0. The van der Waals surface area contributed by atoms with Gasteiger partial charge in [-0.1, -0.05) is 88.0 Å². The van der Waals surface area contributed by atoms with E-state index in [1.165, 1.54) is 33.3 Å². The fourth-order valence-corrected chi connectivity index (χ4v) is 13.3. The average Bonchev–Trinajstić information content (AvgIpc) is 3.23. The maximum absolute atomic E-state index is 15.0. The van der Waals surface area contributed by atoms with Gasteiger partial charge < -0.3 is 0 Å². The van der Waals surface area contributed by atoms with E-state index in [-0.39, 0.29) is 35.7 Å². The van der Waals surface area contributed by atoms with Crippen molar-refractivity contribution in [3.8, 4) is 0 Å². The highest BCUT2D eigenvalue weighted by Crippen LogP contribution is 2.81. The highest BCUT2D eigenvalue weighted by molar-refractivity contribution is 9.10. The molecule has 2 atom stereocenters. The number of carbonyl (C=O) groups excluding carboxylic acids is 4. The van der Waals surface area contributed by atoms with E-state index in [1.54, 1.807) is 0 Å². The topological polar surface area (TPSA) is 74.8 Å².